The van der Waals surface area contributed by atoms with Gasteiger partial charge in [-0.2, -0.15) is 18.2 Å². The fourth-order valence-electron chi connectivity index (χ4n) is 3.27. The third-order valence-corrected chi connectivity index (χ3v) is 5.77. The van der Waals surface area contributed by atoms with Crippen molar-refractivity contribution in [2.45, 2.75) is 12.7 Å². The molecule has 3 aromatic rings. The Morgan fingerprint density at radius 2 is 1.86 bits per heavy atom. The summed E-state index contributed by atoms with van der Waals surface area (Å²) >= 11 is 0.966. The van der Waals surface area contributed by atoms with Crippen molar-refractivity contribution in [2.24, 2.45) is 5.73 Å². The quantitative estimate of drug-likeness (QED) is 0.341. The number of amides is 1. The number of nitrogens with one attached hydrogen (secondary N) is 2. The summed E-state index contributed by atoms with van der Waals surface area (Å²) < 4.78 is 45.7. The summed E-state index contributed by atoms with van der Waals surface area (Å²) in [6, 6.07) is 8.75. The van der Waals surface area contributed by atoms with Crippen molar-refractivity contribution in [3.63, 3.8) is 0 Å². The van der Waals surface area contributed by atoms with E-state index >= 15 is 0 Å². The molecule has 4 rings (SSSR count). The number of hydrogen-bond donors (Lipinski definition) is 4. The average Bonchev–Trinajstić information content (AvgIpc) is 3.29. The number of morpholine rings is 1. The molecule has 1 fully saturated rings. The number of primary amides is 1. The van der Waals surface area contributed by atoms with Gasteiger partial charge in [0, 0.05) is 31.5 Å². The van der Waals surface area contributed by atoms with Crippen LogP contribution in [0.1, 0.15) is 21.5 Å². The Bertz CT molecular complexity index is 1170. The molecule has 0 unspecified atom stereocenters. The van der Waals surface area contributed by atoms with E-state index in [-0.39, 0.29) is 22.9 Å². The van der Waals surface area contributed by atoms with Crippen LogP contribution in [0.4, 0.5) is 35.6 Å². The first-order valence-corrected chi connectivity index (χ1v) is 11.4. The van der Waals surface area contributed by atoms with E-state index in [0.717, 1.165) is 36.5 Å². The van der Waals surface area contributed by atoms with E-state index < -0.39 is 23.5 Å². The fourth-order valence-corrected chi connectivity index (χ4v) is 4.04. The standard InChI is InChI=1S/C21H20F3N5O3S.CH3NO/c22-21(23,24)16-11-25-20(28-17(16)27-18-15(19(30)31)5-10-33-18)26-14-3-1-13(2-4-14)12-29-6-8-32-9-7-29;2-1-3/h1-5,10-11H,6-9,12H2,(H,30,31)(H2,25,26,27,28);1H,(H2,2,3). The minimum atomic E-state index is -4.72. The fraction of sp³-hybridized carbons (Fsp3) is 0.273. The van der Waals surface area contributed by atoms with E-state index in [1.54, 1.807) is 12.1 Å². The number of carbonyl (C=O) groups excluding carboxylic acids is 1. The molecule has 10 nitrogen and oxygen atoms in total. The summed E-state index contributed by atoms with van der Waals surface area (Å²) in [5.41, 5.74) is 4.63. The Hall–Kier alpha value is -3.75. The number of carboxylic acids is 1. The number of aromatic nitrogens is 2. The van der Waals surface area contributed by atoms with Gasteiger partial charge in [0.25, 0.3) is 0 Å². The molecule has 1 saturated heterocycles. The highest BCUT2D eigenvalue weighted by atomic mass is 32.1. The normalized spacial score (nSPS) is 13.9. The second-order valence-electron chi connectivity index (χ2n) is 7.39. The number of anilines is 4. The maximum Gasteiger partial charge on any atom is 0.421 e. The summed E-state index contributed by atoms with van der Waals surface area (Å²) in [6.07, 6.45) is -3.80. The lowest BCUT2D eigenvalue weighted by atomic mass is 10.2. The van der Waals surface area contributed by atoms with Gasteiger partial charge in [-0.3, -0.25) is 9.69 Å². The van der Waals surface area contributed by atoms with Crippen LogP contribution < -0.4 is 16.4 Å². The zero-order chi connectivity index (χ0) is 26.1. The van der Waals surface area contributed by atoms with Gasteiger partial charge in [0.05, 0.1) is 18.8 Å². The molecule has 0 saturated carbocycles. The molecule has 192 valence electrons. The maximum atomic E-state index is 13.5. The molecule has 14 heteroatoms. The number of carbonyl (C=O) groups is 2. The number of alkyl halides is 3. The number of hydrogen-bond acceptors (Lipinski definition) is 9. The largest absolute Gasteiger partial charge is 0.478 e. The zero-order valence-electron chi connectivity index (χ0n) is 18.8. The number of halogens is 3. The number of thiophene rings is 1. The Morgan fingerprint density at radius 3 is 2.47 bits per heavy atom. The van der Waals surface area contributed by atoms with Crippen molar-refractivity contribution >= 4 is 46.2 Å². The lowest BCUT2D eigenvalue weighted by molar-refractivity contribution is -0.137. The van der Waals surface area contributed by atoms with Crippen LogP contribution in [0.2, 0.25) is 0 Å². The van der Waals surface area contributed by atoms with Gasteiger partial charge in [0.15, 0.2) is 0 Å². The highest BCUT2D eigenvalue weighted by Crippen LogP contribution is 2.37. The van der Waals surface area contributed by atoms with Crippen molar-refractivity contribution in [2.75, 3.05) is 36.9 Å². The van der Waals surface area contributed by atoms with Gasteiger partial charge >= 0.3 is 12.1 Å². The van der Waals surface area contributed by atoms with Crippen LogP contribution >= 0.6 is 11.3 Å². The molecule has 0 radical (unpaired) electrons. The van der Waals surface area contributed by atoms with Crippen molar-refractivity contribution in [3.8, 4) is 0 Å². The third kappa shape index (κ3) is 7.37. The van der Waals surface area contributed by atoms with Crippen LogP contribution in [0.15, 0.2) is 41.9 Å². The van der Waals surface area contributed by atoms with E-state index in [1.165, 1.54) is 11.4 Å². The predicted octanol–water partition coefficient (Wildman–Crippen LogP) is 3.68. The molecule has 1 aliphatic rings. The minimum absolute atomic E-state index is 0.0464. The number of nitrogens with two attached hydrogens (primary N) is 1. The molecule has 0 atom stereocenters. The Morgan fingerprint density at radius 1 is 1.19 bits per heavy atom. The lowest BCUT2D eigenvalue weighted by Gasteiger charge is -2.26. The number of ether oxygens (including phenoxy) is 1. The monoisotopic (exact) mass is 524 g/mol. The molecule has 2 aromatic heterocycles. The molecule has 5 N–H and O–H groups in total. The van der Waals surface area contributed by atoms with Crippen LogP contribution in [0.25, 0.3) is 0 Å². The molecule has 0 bridgehead atoms. The van der Waals surface area contributed by atoms with Crippen LogP contribution in [-0.4, -0.2) is 58.7 Å². The second kappa shape index (κ2) is 12.3. The summed E-state index contributed by atoms with van der Waals surface area (Å²) in [5.74, 6) is -1.84. The predicted molar refractivity (Wildman–Crippen MR) is 128 cm³/mol. The molecular formula is C22H23F3N6O4S. The van der Waals surface area contributed by atoms with Crippen LogP contribution in [-0.2, 0) is 22.3 Å². The van der Waals surface area contributed by atoms with Gasteiger partial charge in [-0.1, -0.05) is 12.1 Å². The van der Waals surface area contributed by atoms with E-state index in [2.05, 4.69) is 31.2 Å². The van der Waals surface area contributed by atoms with Crippen molar-refractivity contribution < 1.29 is 32.6 Å². The van der Waals surface area contributed by atoms with Crippen molar-refractivity contribution in [3.05, 3.63) is 58.6 Å². The average molecular weight is 525 g/mol. The van der Waals surface area contributed by atoms with Crippen molar-refractivity contribution in [1.82, 2.24) is 14.9 Å². The summed E-state index contributed by atoms with van der Waals surface area (Å²) in [5, 5.41) is 16.1. The number of benzene rings is 1. The third-order valence-electron chi connectivity index (χ3n) is 4.94. The van der Waals surface area contributed by atoms with E-state index in [0.29, 0.717) is 25.1 Å². The second-order valence-corrected chi connectivity index (χ2v) is 8.31. The first-order valence-electron chi connectivity index (χ1n) is 10.5. The molecule has 1 aliphatic heterocycles. The Kier molecular flexibility index (Phi) is 9.16. The van der Waals surface area contributed by atoms with Gasteiger partial charge < -0.3 is 26.2 Å². The molecular weight excluding hydrogens is 501 g/mol. The van der Waals surface area contributed by atoms with Crippen molar-refractivity contribution in [1.29, 1.82) is 0 Å². The van der Waals surface area contributed by atoms with Gasteiger partial charge in [0.2, 0.25) is 12.4 Å². The van der Waals surface area contributed by atoms with Crippen LogP contribution in [0.5, 0.6) is 0 Å². The Labute approximate surface area is 207 Å². The van der Waals surface area contributed by atoms with E-state index in [4.69, 9.17) is 9.53 Å². The van der Waals surface area contributed by atoms with Gasteiger partial charge in [-0.05, 0) is 29.1 Å². The zero-order valence-corrected chi connectivity index (χ0v) is 19.6. The van der Waals surface area contributed by atoms with Gasteiger partial charge in [0.1, 0.15) is 16.4 Å². The van der Waals surface area contributed by atoms with Gasteiger partial charge in [-0.25, -0.2) is 9.78 Å². The topological polar surface area (TPSA) is 143 Å². The Balaban J connectivity index is 0.00000115. The number of nitrogens with zero attached hydrogens (tertiary/aromatic N) is 3. The summed E-state index contributed by atoms with van der Waals surface area (Å²) in [6.45, 7) is 3.93. The highest BCUT2D eigenvalue weighted by molar-refractivity contribution is 7.14. The summed E-state index contributed by atoms with van der Waals surface area (Å²) in [7, 11) is 0. The number of rotatable bonds is 7. The summed E-state index contributed by atoms with van der Waals surface area (Å²) in [4.78, 5) is 29.9. The molecule has 1 aromatic carbocycles. The van der Waals surface area contributed by atoms with Crippen LogP contribution in [0, 0.1) is 0 Å². The maximum absolute atomic E-state index is 13.5. The number of aromatic carboxylic acids is 1. The SMILES string of the molecule is NC=O.O=C(O)c1ccsc1Nc1nc(Nc2ccc(CN3CCOCC3)cc2)ncc1C(F)(F)F. The van der Waals surface area contributed by atoms with E-state index in [9.17, 15) is 23.1 Å². The van der Waals surface area contributed by atoms with Gasteiger partial charge in [-0.15, -0.1) is 11.3 Å². The highest BCUT2D eigenvalue weighted by Gasteiger charge is 2.35. The molecule has 0 spiro atoms. The molecule has 36 heavy (non-hydrogen) atoms. The first-order chi connectivity index (χ1) is 17.2. The smallest absolute Gasteiger partial charge is 0.421 e. The van der Waals surface area contributed by atoms with E-state index in [1.807, 2.05) is 12.1 Å². The minimum Gasteiger partial charge on any atom is -0.478 e. The molecule has 1 amide bonds. The van der Waals surface area contributed by atoms with Crippen LogP contribution in [0.3, 0.4) is 0 Å². The number of carboxylic acid groups (broad SMARTS) is 1. The molecule has 0 aliphatic carbocycles. The first kappa shape index (κ1) is 26.8. The lowest BCUT2D eigenvalue weighted by Crippen LogP contribution is -2.35. The molecule has 3 heterocycles.